The van der Waals surface area contributed by atoms with Crippen molar-refractivity contribution in [3.8, 4) is 5.69 Å². The number of benzene rings is 1. The molecule has 2 aromatic rings. The van der Waals surface area contributed by atoms with Crippen molar-refractivity contribution in [2.75, 3.05) is 0 Å². The van der Waals surface area contributed by atoms with E-state index >= 15 is 0 Å². The molecule has 25 heavy (non-hydrogen) atoms. The van der Waals surface area contributed by atoms with Crippen LogP contribution >= 0.6 is 11.8 Å². The van der Waals surface area contributed by atoms with Crippen LogP contribution in [0.1, 0.15) is 25.1 Å². The van der Waals surface area contributed by atoms with Gasteiger partial charge in [0.1, 0.15) is 5.60 Å². The first-order chi connectivity index (χ1) is 11.7. The van der Waals surface area contributed by atoms with E-state index in [1.165, 1.54) is 12.1 Å². The van der Waals surface area contributed by atoms with E-state index in [0.717, 1.165) is 11.8 Å². The summed E-state index contributed by atoms with van der Waals surface area (Å²) in [6, 6.07) is 7.87. The first kappa shape index (κ1) is 17.8. The van der Waals surface area contributed by atoms with Crippen molar-refractivity contribution in [3.63, 3.8) is 0 Å². The molecule has 3 rings (SSSR count). The average Bonchev–Trinajstić information content (AvgIpc) is 3.05. The van der Waals surface area contributed by atoms with Crippen LogP contribution in [-0.2, 0) is 16.8 Å². The minimum atomic E-state index is -4.75. The van der Waals surface area contributed by atoms with Gasteiger partial charge in [0, 0.05) is 5.75 Å². The lowest BCUT2D eigenvalue weighted by atomic mass is 10.1. The Labute approximate surface area is 145 Å². The third-order valence-electron chi connectivity index (χ3n) is 3.46. The van der Waals surface area contributed by atoms with Crippen LogP contribution in [0.4, 0.5) is 17.6 Å². The Morgan fingerprint density at radius 1 is 1.24 bits per heavy atom. The monoisotopic (exact) mass is 373 g/mol. The van der Waals surface area contributed by atoms with Crippen molar-refractivity contribution in [2.45, 2.75) is 31.4 Å². The number of hydrogen-bond acceptors (Lipinski definition) is 4. The van der Waals surface area contributed by atoms with E-state index in [4.69, 9.17) is 4.84 Å². The molecule has 0 saturated carbocycles. The number of alkyl halides is 3. The highest BCUT2D eigenvalue weighted by Gasteiger charge is 2.40. The van der Waals surface area contributed by atoms with Gasteiger partial charge in [0.2, 0.25) is 5.95 Å². The van der Waals surface area contributed by atoms with Gasteiger partial charge in [-0.25, -0.2) is 4.68 Å². The van der Waals surface area contributed by atoms with E-state index in [0.29, 0.717) is 9.71 Å². The quantitative estimate of drug-likeness (QED) is 0.806. The lowest BCUT2D eigenvalue weighted by Crippen LogP contribution is -2.20. The van der Waals surface area contributed by atoms with E-state index in [1.807, 2.05) is 0 Å². The lowest BCUT2D eigenvalue weighted by Gasteiger charge is -2.11. The number of hydroxylamine groups is 1. The number of aromatic nitrogens is 2. The van der Waals surface area contributed by atoms with E-state index in [-0.39, 0.29) is 11.4 Å². The zero-order chi connectivity index (χ0) is 18.2. The predicted octanol–water partition coefficient (Wildman–Crippen LogP) is 4.42. The highest BCUT2D eigenvalue weighted by molar-refractivity contribution is 8.02. The molecule has 0 bridgehead atoms. The molecular weight excluding hydrogens is 358 g/mol. The molecule has 0 fully saturated rings. The van der Waals surface area contributed by atoms with Crippen LogP contribution in [0.15, 0.2) is 41.4 Å². The minimum absolute atomic E-state index is 0.226. The molecule has 134 valence electrons. The summed E-state index contributed by atoms with van der Waals surface area (Å²) in [5, 5.41) is 3.99. The third-order valence-corrected chi connectivity index (χ3v) is 4.40. The van der Waals surface area contributed by atoms with Crippen LogP contribution < -0.4 is 5.48 Å². The SMILES string of the molecule is CC1(C)C=C(SCc2c(C(F)(F)F)nn(-c3ccccc3)c2F)NO1. The van der Waals surface area contributed by atoms with Crippen LogP contribution in [0.2, 0.25) is 0 Å². The van der Waals surface area contributed by atoms with Crippen LogP contribution in [0, 0.1) is 5.95 Å². The molecule has 9 heteroatoms. The number of hydrogen-bond donors (Lipinski definition) is 1. The number of para-hydroxylation sites is 1. The number of halogens is 4. The molecule has 1 N–H and O–H groups in total. The Balaban J connectivity index is 1.93. The maximum Gasteiger partial charge on any atom is 0.435 e. The van der Waals surface area contributed by atoms with Crippen molar-refractivity contribution in [2.24, 2.45) is 0 Å². The van der Waals surface area contributed by atoms with Crippen LogP contribution in [0.5, 0.6) is 0 Å². The highest BCUT2D eigenvalue weighted by Crippen LogP contribution is 2.36. The number of thioether (sulfide) groups is 1. The Morgan fingerprint density at radius 3 is 2.48 bits per heavy atom. The summed E-state index contributed by atoms with van der Waals surface area (Å²) < 4.78 is 55.2. The number of nitrogens with zero attached hydrogens (tertiary/aromatic N) is 2. The molecular formula is C16H15F4N3OS. The maximum atomic E-state index is 14.7. The molecule has 0 spiro atoms. The molecule has 0 atom stereocenters. The van der Waals surface area contributed by atoms with Crippen molar-refractivity contribution < 1.29 is 22.4 Å². The molecule has 1 aliphatic rings. The second kappa shape index (κ2) is 6.38. The van der Waals surface area contributed by atoms with Gasteiger partial charge in [0.25, 0.3) is 0 Å². The fourth-order valence-electron chi connectivity index (χ4n) is 2.30. The fourth-order valence-corrected chi connectivity index (χ4v) is 3.33. The zero-order valence-electron chi connectivity index (χ0n) is 13.4. The van der Waals surface area contributed by atoms with Crippen molar-refractivity contribution >= 4 is 11.8 Å². The van der Waals surface area contributed by atoms with Gasteiger partial charge >= 0.3 is 6.18 Å². The summed E-state index contributed by atoms with van der Waals surface area (Å²) in [5.41, 5.74) is 0.571. The smallest absolute Gasteiger partial charge is 0.265 e. The summed E-state index contributed by atoms with van der Waals surface area (Å²) in [4.78, 5) is 5.24. The van der Waals surface area contributed by atoms with Crippen molar-refractivity contribution in [3.05, 3.63) is 58.6 Å². The molecule has 0 saturated heterocycles. The normalized spacial score (nSPS) is 16.6. The number of nitrogens with one attached hydrogen (secondary N) is 1. The third kappa shape index (κ3) is 3.82. The van der Waals surface area contributed by atoms with E-state index < -0.39 is 29.0 Å². The average molecular weight is 373 g/mol. The minimum Gasteiger partial charge on any atom is -0.265 e. The van der Waals surface area contributed by atoms with Crippen LogP contribution in [0.3, 0.4) is 0 Å². The van der Waals surface area contributed by atoms with Crippen LogP contribution in [0.25, 0.3) is 5.69 Å². The van der Waals surface area contributed by atoms with Gasteiger partial charge in [-0.15, -0.1) is 11.8 Å². The van der Waals surface area contributed by atoms with Crippen molar-refractivity contribution in [1.29, 1.82) is 0 Å². The summed E-state index contributed by atoms with van der Waals surface area (Å²) in [5.74, 6) is -1.25. The second-order valence-corrected chi connectivity index (χ2v) is 6.99. The standard InChI is InChI=1S/C16H15F4N3OS/c1-15(2)8-12(22-24-15)25-9-11-13(16(18,19)20)21-23(14(11)17)10-6-4-3-5-7-10/h3-8,22H,9H2,1-2H3. The van der Waals surface area contributed by atoms with E-state index in [1.54, 1.807) is 38.1 Å². The van der Waals surface area contributed by atoms with E-state index in [2.05, 4.69) is 10.6 Å². The Bertz CT molecular complexity index is 800. The van der Waals surface area contributed by atoms with Gasteiger partial charge in [-0.3, -0.25) is 10.3 Å². The Hall–Kier alpha value is -2.00. The predicted molar refractivity (Wildman–Crippen MR) is 86.2 cm³/mol. The highest BCUT2D eigenvalue weighted by atomic mass is 32.2. The summed E-state index contributed by atoms with van der Waals surface area (Å²) >= 11 is 1.02. The Kier molecular flexibility index (Phi) is 4.54. The maximum absolute atomic E-state index is 14.7. The van der Waals surface area contributed by atoms with Crippen LogP contribution in [-0.4, -0.2) is 15.4 Å². The molecule has 1 aliphatic heterocycles. The van der Waals surface area contributed by atoms with E-state index in [9.17, 15) is 17.6 Å². The molecule has 0 radical (unpaired) electrons. The molecule has 0 aliphatic carbocycles. The summed E-state index contributed by atoms with van der Waals surface area (Å²) in [7, 11) is 0. The molecule has 2 heterocycles. The lowest BCUT2D eigenvalue weighted by molar-refractivity contribution is -0.141. The molecule has 4 nitrogen and oxygen atoms in total. The molecule has 1 aromatic carbocycles. The van der Waals surface area contributed by atoms with Gasteiger partial charge < -0.3 is 0 Å². The molecule has 0 unspecified atom stereocenters. The fraction of sp³-hybridized carbons (Fsp3) is 0.312. The molecule has 0 amide bonds. The summed E-state index contributed by atoms with van der Waals surface area (Å²) in [6.45, 7) is 3.59. The first-order valence-electron chi connectivity index (χ1n) is 7.37. The van der Waals surface area contributed by atoms with Crippen molar-refractivity contribution in [1.82, 2.24) is 15.3 Å². The zero-order valence-corrected chi connectivity index (χ0v) is 14.2. The number of rotatable bonds is 4. The summed E-state index contributed by atoms with van der Waals surface area (Å²) in [6.07, 6.45) is -3.02. The van der Waals surface area contributed by atoms with Gasteiger partial charge in [-0.2, -0.15) is 22.7 Å². The van der Waals surface area contributed by atoms with Gasteiger partial charge in [-0.1, -0.05) is 18.2 Å². The topological polar surface area (TPSA) is 39.1 Å². The van der Waals surface area contributed by atoms with Gasteiger partial charge in [0.05, 0.1) is 16.3 Å². The first-order valence-corrected chi connectivity index (χ1v) is 8.35. The second-order valence-electron chi connectivity index (χ2n) is 5.97. The largest absolute Gasteiger partial charge is 0.435 e. The molecule has 1 aromatic heterocycles. The van der Waals surface area contributed by atoms with Gasteiger partial charge in [0.15, 0.2) is 5.69 Å². The Morgan fingerprint density at radius 2 is 1.92 bits per heavy atom. The van der Waals surface area contributed by atoms with Gasteiger partial charge in [-0.05, 0) is 32.1 Å².